The maximum absolute atomic E-state index is 11.4. The first-order valence-electron chi connectivity index (χ1n) is 7.61. The predicted molar refractivity (Wildman–Crippen MR) is 81.4 cm³/mol. The molecule has 112 valence electrons. The molecule has 2 rings (SSSR count). The average Bonchev–Trinajstić information content (AvgIpc) is 2.83. The number of carboxylic acids is 1. The molecular formula is C15H24N2O2S. The van der Waals surface area contributed by atoms with Gasteiger partial charge in [-0.05, 0) is 38.6 Å². The van der Waals surface area contributed by atoms with Gasteiger partial charge < -0.3 is 5.11 Å². The van der Waals surface area contributed by atoms with Crippen LogP contribution in [0.3, 0.4) is 0 Å². The minimum Gasteiger partial charge on any atom is -0.476 e. The first-order chi connectivity index (χ1) is 9.65. The number of hydrogen-bond acceptors (Lipinski definition) is 4. The van der Waals surface area contributed by atoms with Crippen molar-refractivity contribution in [3.05, 3.63) is 15.6 Å². The van der Waals surface area contributed by atoms with Crippen LogP contribution < -0.4 is 0 Å². The third-order valence-electron chi connectivity index (χ3n) is 3.98. The lowest BCUT2D eigenvalue weighted by atomic mass is 10.00. The molecule has 20 heavy (non-hydrogen) atoms. The number of likely N-dealkylation sites (tertiary alicyclic amines) is 1. The van der Waals surface area contributed by atoms with Gasteiger partial charge in [0.05, 0.1) is 9.88 Å². The fraction of sp³-hybridized carbons (Fsp3) is 0.733. The summed E-state index contributed by atoms with van der Waals surface area (Å²) in [5.74, 6) is -0.885. The van der Waals surface area contributed by atoms with Crippen LogP contribution in [0.2, 0.25) is 0 Å². The van der Waals surface area contributed by atoms with Crippen molar-refractivity contribution >= 4 is 17.3 Å². The molecule has 2 heterocycles. The summed E-state index contributed by atoms with van der Waals surface area (Å²) in [4.78, 5) is 19.0. The van der Waals surface area contributed by atoms with E-state index in [-0.39, 0.29) is 5.69 Å². The molecule has 4 nitrogen and oxygen atoms in total. The van der Waals surface area contributed by atoms with E-state index in [2.05, 4.69) is 23.7 Å². The fourth-order valence-corrected chi connectivity index (χ4v) is 4.10. The molecule has 1 N–H and O–H groups in total. The summed E-state index contributed by atoms with van der Waals surface area (Å²) in [5, 5.41) is 10.3. The van der Waals surface area contributed by atoms with Crippen LogP contribution in [0.1, 0.15) is 66.3 Å². The second kappa shape index (κ2) is 7.18. The van der Waals surface area contributed by atoms with E-state index in [0.717, 1.165) is 42.2 Å². The highest BCUT2D eigenvalue weighted by Crippen LogP contribution is 2.26. The molecule has 0 saturated carbocycles. The van der Waals surface area contributed by atoms with Crippen molar-refractivity contribution in [2.24, 2.45) is 0 Å². The van der Waals surface area contributed by atoms with E-state index in [4.69, 9.17) is 0 Å². The van der Waals surface area contributed by atoms with Crippen LogP contribution in [-0.4, -0.2) is 33.5 Å². The Hall–Kier alpha value is -0.940. The van der Waals surface area contributed by atoms with Gasteiger partial charge in [-0.25, -0.2) is 9.78 Å². The molecule has 0 bridgehead atoms. The van der Waals surface area contributed by atoms with Crippen LogP contribution in [-0.2, 0) is 13.0 Å². The largest absolute Gasteiger partial charge is 0.476 e. The molecular weight excluding hydrogens is 272 g/mol. The van der Waals surface area contributed by atoms with Crippen molar-refractivity contribution in [2.45, 2.75) is 65.0 Å². The topological polar surface area (TPSA) is 53.4 Å². The zero-order valence-corrected chi connectivity index (χ0v) is 13.2. The maximum atomic E-state index is 11.4. The summed E-state index contributed by atoms with van der Waals surface area (Å²) in [6.07, 6.45) is 6.78. The molecule has 0 amide bonds. The summed E-state index contributed by atoms with van der Waals surface area (Å²) in [5.41, 5.74) is 0.277. The third kappa shape index (κ3) is 3.58. The molecule has 0 radical (unpaired) electrons. The number of aromatic nitrogens is 1. The molecule has 1 unspecified atom stereocenters. The van der Waals surface area contributed by atoms with Gasteiger partial charge in [0.25, 0.3) is 0 Å². The molecule has 5 heteroatoms. The zero-order chi connectivity index (χ0) is 14.5. The smallest absolute Gasteiger partial charge is 0.355 e. The predicted octanol–water partition coefficient (Wildman–Crippen LogP) is 3.56. The van der Waals surface area contributed by atoms with Gasteiger partial charge in [0.1, 0.15) is 0 Å². The molecule has 0 aliphatic carbocycles. The lowest BCUT2D eigenvalue weighted by molar-refractivity contribution is 0.0686. The quantitative estimate of drug-likeness (QED) is 0.872. The molecule has 0 spiro atoms. The molecule has 1 atom stereocenters. The molecule has 0 aromatic carbocycles. The van der Waals surface area contributed by atoms with Gasteiger partial charge in [0, 0.05) is 12.6 Å². The van der Waals surface area contributed by atoms with Gasteiger partial charge in [-0.3, -0.25) is 4.90 Å². The number of carboxylic acid groups (broad SMARTS) is 1. The fourth-order valence-electron chi connectivity index (χ4n) is 2.91. The number of aryl methyl sites for hydroxylation is 1. The number of rotatable bonds is 6. The van der Waals surface area contributed by atoms with Crippen molar-refractivity contribution < 1.29 is 9.90 Å². The highest BCUT2D eigenvalue weighted by atomic mass is 32.1. The number of aromatic carboxylic acids is 1. The van der Waals surface area contributed by atoms with Gasteiger partial charge in [-0.1, -0.05) is 20.3 Å². The van der Waals surface area contributed by atoms with E-state index < -0.39 is 5.97 Å². The summed E-state index contributed by atoms with van der Waals surface area (Å²) in [6, 6.07) is 0.599. The van der Waals surface area contributed by atoms with E-state index >= 15 is 0 Å². The summed E-state index contributed by atoms with van der Waals surface area (Å²) < 4.78 is 0. The second-order valence-corrected chi connectivity index (χ2v) is 6.63. The Morgan fingerprint density at radius 1 is 1.45 bits per heavy atom. The number of piperidine rings is 1. The summed E-state index contributed by atoms with van der Waals surface area (Å²) in [6.45, 7) is 6.15. The van der Waals surface area contributed by atoms with Crippen molar-refractivity contribution in [1.82, 2.24) is 9.88 Å². The van der Waals surface area contributed by atoms with E-state index in [1.807, 2.05) is 0 Å². The lowest BCUT2D eigenvalue weighted by Crippen LogP contribution is -2.38. The van der Waals surface area contributed by atoms with Gasteiger partial charge in [-0.2, -0.15) is 0 Å². The molecule has 1 aromatic heterocycles. The molecule has 1 aliphatic rings. The van der Waals surface area contributed by atoms with E-state index in [1.54, 1.807) is 11.3 Å². The van der Waals surface area contributed by atoms with Gasteiger partial charge in [0.15, 0.2) is 5.69 Å². The van der Waals surface area contributed by atoms with Crippen LogP contribution >= 0.6 is 11.3 Å². The first-order valence-corrected chi connectivity index (χ1v) is 8.43. The summed E-state index contributed by atoms with van der Waals surface area (Å²) >= 11 is 1.58. The number of thiazole rings is 1. The van der Waals surface area contributed by atoms with E-state index in [1.165, 1.54) is 19.3 Å². The van der Waals surface area contributed by atoms with Crippen LogP contribution in [0, 0.1) is 0 Å². The van der Waals surface area contributed by atoms with Crippen molar-refractivity contribution in [3.63, 3.8) is 0 Å². The molecule has 1 fully saturated rings. The first kappa shape index (κ1) is 15.4. The molecule has 1 aromatic rings. The number of hydrogen-bond donors (Lipinski definition) is 1. The molecule has 1 saturated heterocycles. The van der Waals surface area contributed by atoms with Crippen molar-refractivity contribution in [1.29, 1.82) is 0 Å². The second-order valence-electron chi connectivity index (χ2n) is 5.46. The standard InChI is InChI=1S/C15H24N2O2S/c1-3-7-13-16-14(15(18)19)12(20-13)10-17-9-6-5-8-11(17)4-2/h11H,3-10H2,1-2H3,(H,18,19). The third-order valence-corrected chi connectivity index (χ3v) is 5.07. The van der Waals surface area contributed by atoms with Crippen LogP contribution in [0.25, 0.3) is 0 Å². The minimum absolute atomic E-state index is 0.277. The number of carbonyl (C=O) groups is 1. The van der Waals surface area contributed by atoms with E-state index in [9.17, 15) is 9.90 Å². The van der Waals surface area contributed by atoms with Crippen LogP contribution in [0.15, 0.2) is 0 Å². The zero-order valence-electron chi connectivity index (χ0n) is 12.4. The Morgan fingerprint density at radius 3 is 2.90 bits per heavy atom. The van der Waals surface area contributed by atoms with Gasteiger partial charge >= 0.3 is 5.97 Å². The number of nitrogens with zero attached hydrogens (tertiary/aromatic N) is 2. The van der Waals surface area contributed by atoms with Gasteiger partial charge in [0.2, 0.25) is 0 Å². The van der Waals surface area contributed by atoms with Crippen molar-refractivity contribution in [3.8, 4) is 0 Å². The Morgan fingerprint density at radius 2 is 2.25 bits per heavy atom. The monoisotopic (exact) mass is 296 g/mol. The maximum Gasteiger partial charge on any atom is 0.355 e. The van der Waals surface area contributed by atoms with Crippen LogP contribution in [0.5, 0.6) is 0 Å². The van der Waals surface area contributed by atoms with E-state index in [0.29, 0.717) is 6.04 Å². The average molecular weight is 296 g/mol. The summed E-state index contributed by atoms with van der Waals surface area (Å²) in [7, 11) is 0. The Balaban J connectivity index is 2.16. The molecule has 1 aliphatic heterocycles. The van der Waals surface area contributed by atoms with Crippen LogP contribution in [0.4, 0.5) is 0 Å². The van der Waals surface area contributed by atoms with Gasteiger partial charge in [-0.15, -0.1) is 11.3 Å². The lowest BCUT2D eigenvalue weighted by Gasteiger charge is -2.34. The highest BCUT2D eigenvalue weighted by Gasteiger charge is 2.25. The SMILES string of the molecule is CCCc1nc(C(=O)O)c(CN2CCCCC2CC)s1. The Kier molecular flexibility index (Phi) is 5.54. The Bertz CT molecular complexity index is 459. The van der Waals surface area contributed by atoms with Crippen molar-refractivity contribution in [2.75, 3.05) is 6.54 Å². The Labute approximate surface area is 124 Å². The normalized spacial score (nSPS) is 20.2. The highest BCUT2D eigenvalue weighted by molar-refractivity contribution is 7.11. The minimum atomic E-state index is -0.885.